The lowest BCUT2D eigenvalue weighted by Gasteiger charge is -2.19. The van der Waals surface area contributed by atoms with Crippen molar-refractivity contribution in [3.05, 3.63) is 60.4 Å². The molecule has 1 saturated heterocycles. The third-order valence-electron chi connectivity index (χ3n) is 5.68. The second-order valence-electron chi connectivity index (χ2n) is 7.78. The summed E-state index contributed by atoms with van der Waals surface area (Å²) >= 11 is 0. The van der Waals surface area contributed by atoms with Crippen molar-refractivity contribution >= 4 is 5.69 Å². The van der Waals surface area contributed by atoms with Crippen LogP contribution in [-0.2, 0) is 16.2 Å². The van der Waals surface area contributed by atoms with E-state index in [9.17, 15) is 29.9 Å². The van der Waals surface area contributed by atoms with Crippen LogP contribution < -0.4 is 20.7 Å². The molecule has 2 unspecified atom stereocenters. The van der Waals surface area contributed by atoms with Gasteiger partial charge >= 0.3 is 11.4 Å². The topological polar surface area (TPSA) is 165 Å². The average Bonchev–Trinajstić information content (AvgIpc) is 3.41. The highest BCUT2D eigenvalue weighted by Crippen LogP contribution is 2.45. The van der Waals surface area contributed by atoms with E-state index >= 15 is 0 Å². The number of hydrogen-bond acceptors (Lipinski definition) is 10. The minimum absolute atomic E-state index is 0.00148. The second kappa shape index (κ2) is 8.94. The number of aryl methyl sites for hydroxylation is 1. The number of fused-ring (bicyclic) bond motifs is 1. The van der Waals surface area contributed by atoms with E-state index in [1.165, 1.54) is 25.3 Å². The molecule has 13 nitrogen and oxygen atoms in total. The number of aromatic nitrogens is 2. The SMILES string of the molecule is Cc1cn([C@H]2CC(O)[C@@H](CO)O2)c(=O)n(COC(C)c2ccc3c(c2[N+](=O)[O-])OCO3)c1=O. The minimum Gasteiger partial charge on any atom is -0.453 e. The molecule has 4 atom stereocenters. The summed E-state index contributed by atoms with van der Waals surface area (Å²) in [4.78, 5) is 36.6. The number of hydrogen-bond donors (Lipinski definition) is 2. The highest BCUT2D eigenvalue weighted by Gasteiger charge is 2.36. The van der Waals surface area contributed by atoms with Crippen molar-refractivity contribution in [2.24, 2.45) is 0 Å². The van der Waals surface area contributed by atoms with Gasteiger partial charge in [0.2, 0.25) is 12.5 Å². The monoisotopic (exact) mass is 465 g/mol. The molecule has 1 aromatic heterocycles. The zero-order chi connectivity index (χ0) is 23.9. The molecule has 33 heavy (non-hydrogen) atoms. The van der Waals surface area contributed by atoms with Gasteiger partial charge in [-0.05, 0) is 26.0 Å². The van der Waals surface area contributed by atoms with Crippen molar-refractivity contribution in [1.82, 2.24) is 9.13 Å². The van der Waals surface area contributed by atoms with Gasteiger partial charge < -0.3 is 29.2 Å². The Morgan fingerprint density at radius 3 is 2.76 bits per heavy atom. The smallest absolute Gasteiger partial charge is 0.335 e. The van der Waals surface area contributed by atoms with Crippen molar-refractivity contribution in [1.29, 1.82) is 0 Å². The first-order valence-corrected chi connectivity index (χ1v) is 10.2. The Bertz CT molecular complexity index is 1190. The van der Waals surface area contributed by atoms with Crippen molar-refractivity contribution in [3.8, 4) is 11.5 Å². The summed E-state index contributed by atoms with van der Waals surface area (Å²) in [7, 11) is 0. The predicted octanol–water partition coefficient (Wildman–Crippen LogP) is 0.331. The van der Waals surface area contributed by atoms with Crippen LogP contribution in [0.25, 0.3) is 0 Å². The molecule has 2 aliphatic heterocycles. The molecule has 4 rings (SSSR count). The molecule has 0 spiro atoms. The van der Waals surface area contributed by atoms with E-state index in [0.29, 0.717) is 0 Å². The second-order valence-corrected chi connectivity index (χ2v) is 7.78. The Hall–Kier alpha value is -3.26. The lowest BCUT2D eigenvalue weighted by Crippen LogP contribution is -2.42. The minimum atomic E-state index is -0.963. The quantitative estimate of drug-likeness (QED) is 0.430. The molecule has 0 bridgehead atoms. The molecule has 3 heterocycles. The molecule has 13 heteroatoms. The van der Waals surface area contributed by atoms with Crippen LogP contribution in [0.1, 0.15) is 36.8 Å². The lowest BCUT2D eigenvalue weighted by atomic mass is 10.1. The molecule has 0 radical (unpaired) electrons. The van der Waals surface area contributed by atoms with Crippen LogP contribution in [0.15, 0.2) is 27.9 Å². The van der Waals surface area contributed by atoms with Gasteiger partial charge in [0.05, 0.1) is 29.3 Å². The van der Waals surface area contributed by atoms with Gasteiger partial charge in [0.1, 0.15) is 19.1 Å². The number of ether oxygens (including phenoxy) is 4. The maximum Gasteiger partial charge on any atom is 0.335 e. The first-order valence-electron chi connectivity index (χ1n) is 10.2. The first kappa shape index (κ1) is 22.9. The molecular formula is C20H23N3O10. The van der Waals surface area contributed by atoms with Gasteiger partial charge in [-0.25, -0.2) is 9.36 Å². The number of nitro benzene ring substituents is 1. The van der Waals surface area contributed by atoms with Crippen LogP contribution in [0.5, 0.6) is 11.5 Å². The zero-order valence-electron chi connectivity index (χ0n) is 17.9. The summed E-state index contributed by atoms with van der Waals surface area (Å²) in [5, 5.41) is 30.9. The Labute approximate surface area is 186 Å². The number of rotatable bonds is 7. The molecule has 0 saturated carbocycles. The molecule has 1 aromatic carbocycles. The van der Waals surface area contributed by atoms with E-state index in [4.69, 9.17) is 18.9 Å². The van der Waals surface area contributed by atoms with Crippen molar-refractivity contribution < 1.29 is 34.1 Å². The summed E-state index contributed by atoms with van der Waals surface area (Å²) in [6.45, 7) is 2.02. The summed E-state index contributed by atoms with van der Waals surface area (Å²) < 4.78 is 23.6. The number of benzene rings is 1. The fraction of sp³-hybridized carbons (Fsp3) is 0.500. The van der Waals surface area contributed by atoms with E-state index in [0.717, 1.165) is 9.13 Å². The summed E-state index contributed by atoms with van der Waals surface area (Å²) in [6.07, 6.45) is -2.17. The van der Waals surface area contributed by atoms with Gasteiger partial charge in [-0.3, -0.25) is 19.5 Å². The Balaban J connectivity index is 1.61. The highest BCUT2D eigenvalue weighted by atomic mass is 16.7. The lowest BCUT2D eigenvalue weighted by molar-refractivity contribution is -0.387. The molecule has 0 amide bonds. The van der Waals surface area contributed by atoms with Gasteiger partial charge in [-0.1, -0.05) is 0 Å². The van der Waals surface area contributed by atoms with E-state index in [1.54, 1.807) is 6.92 Å². The van der Waals surface area contributed by atoms with E-state index < -0.39 is 54.0 Å². The van der Waals surface area contributed by atoms with Crippen LogP contribution in [0.3, 0.4) is 0 Å². The molecule has 2 aromatic rings. The average molecular weight is 465 g/mol. The first-order chi connectivity index (χ1) is 15.7. The van der Waals surface area contributed by atoms with Crippen LogP contribution in [0.4, 0.5) is 5.69 Å². The molecule has 178 valence electrons. The Morgan fingerprint density at radius 2 is 2.09 bits per heavy atom. The number of nitrogens with zero attached hydrogens (tertiary/aromatic N) is 3. The van der Waals surface area contributed by atoms with Gasteiger partial charge in [-0.2, -0.15) is 0 Å². The van der Waals surface area contributed by atoms with Gasteiger partial charge in [0.25, 0.3) is 5.56 Å². The van der Waals surface area contributed by atoms with Crippen LogP contribution >= 0.6 is 0 Å². The summed E-state index contributed by atoms with van der Waals surface area (Å²) in [6, 6.07) is 2.99. The van der Waals surface area contributed by atoms with Gasteiger partial charge in [-0.15, -0.1) is 0 Å². The standard InChI is InChI=1S/C20H23N3O10/c1-10-6-21(16-5-13(25)15(7-24)33-16)20(27)22(19(10)26)8-30-11(2)12-3-4-14-18(32-9-31-14)17(12)23(28)29/h3-4,6,11,13,15-16,24-25H,5,7-9H2,1-2H3/t11?,13?,15-,16-/m1/s1. The van der Waals surface area contributed by atoms with E-state index in [1.807, 2.05) is 0 Å². The number of nitro groups is 1. The highest BCUT2D eigenvalue weighted by molar-refractivity contribution is 5.62. The predicted molar refractivity (Wildman–Crippen MR) is 110 cm³/mol. The van der Waals surface area contributed by atoms with Crippen LogP contribution in [-0.4, -0.2) is 49.9 Å². The van der Waals surface area contributed by atoms with Crippen LogP contribution in [0, 0.1) is 17.0 Å². The third kappa shape index (κ3) is 4.11. The fourth-order valence-corrected chi connectivity index (χ4v) is 3.89. The molecule has 2 aliphatic rings. The third-order valence-corrected chi connectivity index (χ3v) is 5.68. The largest absolute Gasteiger partial charge is 0.453 e. The van der Waals surface area contributed by atoms with E-state index in [-0.39, 0.29) is 41.5 Å². The molecule has 1 fully saturated rings. The van der Waals surface area contributed by atoms with Gasteiger partial charge in [0.15, 0.2) is 5.75 Å². The fourth-order valence-electron chi connectivity index (χ4n) is 3.89. The molecule has 2 N–H and O–H groups in total. The Kier molecular flexibility index (Phi) is 6.21. The molecular weight excluding hydrogens is 442 g/mol. The number of aliphatic hydroxyl groups is 2. The van der Waals surface area contributed by atoms with Crippen molar-refractivity contribution in [2.75, 3.05) is 13.4 Å². The maximum atomic E-state index is 13.0. The normalized spacial score (nSPS) is 22.5. The summed E-state index contributed by atoms with van der Waals surface area (Å²) in [5.41, 5.74) is -1.23. The van der Waals surface area contributed by atoms with Gasteiger partial charge in [0, 0.05) is 18.2 Å². The van der Waals surface area contributed by atoms with Crippen molar-refractivity contribution in [2.45, 2.75) is 51.5 Å². The summed E-state index contributed by atoms with van der Waals surface area (Å²) in [5.74, 6) is 0.244. The zero-order valence-corrected chi connectivity index (χ0v) is 17.9. The maximum absolute atomic E-state index is 13.0. The van der Waals surface area contributed by atoms with E-state index in [2.05, 4.69) is 0 Å². The Morgan fingerprint density at radius 1 is 1.33 bits per heavy atom. The number of aliphatic hydroxyl groups excluding tert-OH is 2. The molecule has 0 aliphatic carbocycles. The van der Waals surface area contributed by atoms with Crippen LogP contribution in [0.2, 0.25) is 0 Å². The van der Waals surface area contributed by atoms with Crippen molar-refractivity contribution in [3.63, 3.8) is 0 Å².